The second kappa shape index (κ2) is 2.95. The number of aromatic amines is 1. The molecular weight excluding hydrogens is 206 g/mol. The van der Waals surface area contributed by atoms with Crippen LogP contribution in [0.1, 0.15) is 5.56 Å². The molecule has 0 fully saturated rings. The Labute approximate surface area is 83.9 Å². The molecule has 0 saturated heterocycles. The van der Waals surface area contributed by atoms with Crippen LogP contribution in [-0.2, 0) is 0 Å². The molecular formula is C8H6ClN3O2. The zero-order valence-corrected chi connectivity index (χ0v) is 8.00. The number of nitrogens with zero attached hydrogens (tertiary/aromatic N) is 2. The zero-order chi connectivity index (χ0) is 10.3. The number of nitro groups is 1. The van der Waals surface area contributed by atoms with Gasteiger partial charge in [-0.25, -0.2) is 4.98 Å². The molecule has 0 spiro atoms. The molecule has 1 aromatic carbocycles. The van der Waals surface area contributed by atoms with Crippen molar-refractivity contribution in [2.45, 2.75) is 6.92 Å². The third kappa shape index (κ3) is 1.31. The fourth-order valence-corrected chi connectivity index (χ4v) is 1.51. The Morgan fingerprint density at radius 1 is 1.57 bits per heavy atom. The van der Waals surface area contributed by atoms with E-state index in [9.17, 15) is 10.1 Å². The minimum atomic E-state index is -0.427. The van der Waals surface area contributed by atoms with Gasteiger partial charge >= 0.3 is 0 Å². The molecule has 72 valence electrons. The van der Waals surface area contributed by atoms with E-state index in [1.54, 1.807) is 13.0 Å². The van der Waals surface area contributed by atoms with Crippen molar-refractivity contribution in [3.63, 3.8) is 0 Å². The molecule has 5 nitrogen and oxygen atoms in total. The lowest BCUT2D eigenvalue weighted by Crippen LogP contribution is -1.91. The number of imidazole rings is 1. The number of aromatic nitrogens is 2. The van der Waals surface area contributed by atoms with E-state index in [-0.39, 0.29) is 11.0 Å². The number of benzene rings is 1. The van der Waals surface area contributed by atoms with Gasteiger partial charge in [-0.1, -0.05) is 0 Å². The van der Waals surface area contributed by atoms with Crippen LogP contribution in [0.25, 0.3) is 11.0 Å². The molecule has 0 aliphatic heterocycles. The van der Waals surface area contributed by atoms with Gasteiger partial charge in [-0.05, 0) is 24.6 Å². The zero-order valence-electron chi connectivity index (χ0n) is 7.24. The number of hydrogen-bond acceptors (Lipinski definition) is 3. The second-order valence-corrected chi connectivity index (χ2v) is 3.30. The molecule has 0 aliphatic carbocycles. The summed E-state index contributed by atoms with van der Waals surface area (Å²) in [7, 11) is 0. The fraction of sp³-hybridized carbons (Fsp3) is 0.125. The quantitative estimate of drug-likeness (QED) is 0.582. The molecule has 0 bridgehead atoms. The highest BCUT2D eigenvalue weighted by Crippen LogP contribution is 2.24. The van der Waals surface area contributed by atoms with E-state index in [4.69, 9.17) is 11.6 Å². The van der Waals surface area contributed by atoms with Gasteiger partial charge in [0.1, 0.15) is 0 Å². The Bertz CT molecular complexity index is 521. The van der Waals surface area contributed by atoms with E-state index in [0.717, 1.165) is 0 Å². The molecule has 0 aliphatic rings. The van der Waals surface area contributed by atoms with Crippen LogP contribution in [-0.4, -0.2) is 14.9 Å². The van der Waals surface area contributed by atoms with Crippen LogP contribution < -0.4 is 0 Å². The Hall–Kier alpha value is -1.62. The van der Waals surface area contributed by atoms with Crippen LogP contribution in [0.4, 0.5) is 5.69 Å². The first kappa shape index (κ1) is 8.96. The van der Waals surface area contributed by atoms with Gasteiger partial charge in [0, 0.05) is 11.6 Å². The first-order chi connectivity index (χ1) is 6.58. The summed E-state index contributed by atoms with van der Waals surface area (Å²) in [5, 5.41) is 10.8. The van der Waals surface area contributed by atoms with E-state index < -0.39 is 4.92 Å². The lowest BCUT2D eigenvalue weighted by atomic mass is 10.2. The molecule has 0 saturated carbocycles. The number of hydrogen-bond donors (Lipinski definition) is 1. The Morgan fingerprint density at radius 2 is 2.29 bits per heavy atom. The summed E-state index contributed by atoms with van der Waals surface area (Å²) in [5.41, 5.74) is 1.86. The van der Waals surface area contributed by atoms with Gasteiger partial charge in [0.25, 0.3) is 5.69 Å². The van der Waals surface area contributed by atoms with Gasteiger partial charge in [0.05, 0.1) is 16.0 Å². The maximum absolute atomic E-state index is 10.6. The number of fused-ring (bicyclic) bond motifs is 1. The van der Waals surface area contributed by atoms with E-state index in [2.05, 4.69) is 9.97 Å². The first-order valence-electron chi connectivity index (χ1n) is 3.88. The Balaban J connectivity index is 2.76. The number of aryl methyl sites for hydroxylation is 1. The summed E-state index contributed by atoms with van der Waals surface area (Å²) in [4.78, 5) is 16.9. The SMILES string of the molecule is Cc1cc2nc(Cl)[nH]c2cc1[N+](=O)[O-]. The van der Waals surface area contributed by atoms with Gasteiger partial charge < -0.3 is 4.98 Å². The van der Waals surface area contributed by atoms with Gasteiger partial charge in [-0.2, -0.15) is 0 Å². The van der Waals surface area contributed by atoms with Crippen molar-refractivity contribution in [2.75, 3.05) is 0 Å². The lowest BCUT2D eigenvalue weighted by Gasteiger charge is -1.95. The van der Waals surface area contributed by atoms with Gasteiger partial charge in [0.2, 0.25) is 5.28 Å². The molecule has 2 rings (SSSR count). The van der Waals surface area contributed by atoms with Crippen molar-refractivity contribution in [3.8, 4) is 0 Å². The van der Waals surface area contributed by atoms with Crippen LogP contribution in [0.5, 0.6) is 0 Å². The second-order valence-electron chi connectivity index (χ2n) is 2.94. The molecule has 1 N–H and O–H groups in total. The molecule has 14 heavy (non-hydrogen) atoms. The third-order valence-electron chi connectivity index (χ3n) is 1.97. The topological polar surface area (TPSA) is 71.8 Å². The van der Waals surface area contributed by atoms with Crippen LogP contribution >= 0.6 is 11.6 Å². The van der Waals surface area contributed by atoms with Crippen molar-refractivity contribution >= 4 is 28.3 Å². The van der Waals surface area contributed by atoms with Crippen molar-refractivity contribution in [2.24, 2.45) is 0 Å². The number of nitro benzene ring substituents is 1. The molecule has 0 unspecified atom stereocenters. The number of nitrogens with one attached hydrogen (secondary N) is 1. The highest BCUT2D eigenvalue weighted by Gasteiger charge is 2.13. The highest BCUT2D eigenvalue weighted by atomic mass is 35.5. The summed E-state index contributed by atoms with van der Waals surface area (Å²) in [6, 6.07) is 3.07. The smallest absolute Gasteiger partial charge is 0.274 e. The summed E-state index contributed by atoms with van der Waals surface area (Å²) in [6.45, 7) is 1.67. The molecule has 6 heteroatoms. The van der Waals surface area contributed by atoms with E-state index in [1.165, 1.54) is 6.07 Å². The van der Waals surface area contributed by atoms with Gasteiger partial charge in [-0.3, -0.25) is 10.1 Å². The maximum atomic E-state index is 10.6. The predicted molar refractivity (Wildman–Crippen MR) is 52.5 cm³/mol. The Kier molecular flexibility index (Phi) is 1.89. The largest absolute Gasteiger partial charge is 0.328 e. The summed E-state index contributed by atoms with van der Waals surface area (Å²) >= 11 is 5.63. The normalized spacial score (nSPS) is 10.7. The molecule has 0 amide bonds. The molecule has 1 heterocycles. The fourth-order valence-electron chi connectivity index (χ4n) is 1.32. The summed E-state index contributed by atoms with van der Waals surface area (Å²) in [5.74, 6) is 0. The monoisotopic (exact) mass is 211 g/mol. The number of rotatable bonds is 1. The summed E-state index contributed by atoms with van der Waals surface area (Å²) < 4.78 is 0. The van der Waals surface area contributed by atoms with Crippen molar-refractivity contribution in [1.82, 2.24) is 9.97 Å². The van der Waals surface area contributed by atoms with E-state index >= 15 is 0 Å². The summed E-state index contributed by atoms with van der Waals surface area (Å²) in [6.07, 6.45) is 0. The highest BCUT2D eigenvalue weighted by molar-refractivity contribution is 6.29. The van der Waals surface area contributed by atoms with Crippen LogP contribution in [0.2, 0.25) is 5.28 Å². The predicted octanol–water partition coefficient (Wildman–Crippen LogP) is 2.43. The first-order valence-corrected chi connectivity index (χ1v) is 4.26. The average molecular weight is 212 g/mol. The van der Waals surface area contributed by atoms with E-state index in [0.29, 0.717) is 16.6 Å². The maximum Gasteiger partial charge on any atom is 0.274 e. The molecule has 1 aromatic heterocycles. The van der Waals surface area contributed by atoms with Gasteiger partial charge in [0.15, 0.2) is 0 Å². The van der Waals surface area contributed by atoms with Gasteiger partial charge in [-0.15, -0.1) is 0 Å². The average Bonchev–Trinajstić information content (AvgIpc) is 2.42. The van der Waals surface area contributed by atoms with Crippen molar-refractivity contribution < 1.29 is 4.92 Å². The third-order valence-corrected chi connectivity index (χ3v) is 2.15. The molecule has 0 atom stereocenters. The minimum Gasteiger partial charge on any atom is -0.328 e. The molecule has 0 radical (unpaired) electrons. The number of halogens is 1. The van der Waals surface area contributed by atoms with Crippen LogP contribution in [0, 0.1) is 17.0 Å². The Morgan fingerprint density at radius 3 is 2.93 bits per heavy atom. The van der Waals surface area contributed by atoms with Crippen LogP contribution in [0.15, 0.2) is 12.1 Å². The van der Waals surface area contributed by atoms with E-state index in [1.807, 2.05) is 0 Å². The standard InChI is InChI=1S/C8H6ClN3O2/c1-4-2-5-6(11-8(9)10-5)3-7(4)12(13)14/h2-3H,1H3,(H,10,11). The van der Waals surface area contributed by atoms with Crippen molar-refractivity contribution in [1.29, 1.82) is 0 Å². The minimum absolute atomic E-state index is 0.0674. The number of H-pyrrole nitrogens is 1. The van der Waals surface area contributed by atoms with Crippen molar-refractivity contribution in [3.05, 3.63) is 33.1 Å². The lowest BCUT2D eigenvalue weighted by molar-refractivity contribution is -0.385. The van der Waals surface area contributed by atoms with Crippen LogP contribution in [0.3, 0.4) is 0 Å². The molecule has 2 aromatic rings.